The molecule has 0 atom stereocenters. The average Bonchev–Trinajstić information content (AvgIpc) is 3.10. The Morgan fingerprint density at radius 3 is 2.56 bits per heavy atom. The van der Waals surface area contributed by atoms with Crippen molar-refractivity contribution in [2.24, 2.45) is 0 Å². The van der Waals surface area contributed by atoms with E-state index >= 15 is 0 Å². The smallest absolute Gasteiger partial charge is 0.343 e. The summed E-state index contributed by atoms with van der Waals surface area (Å²) >= 11 is 13.3. The lowest BCUT2D eigenvalue weighted by molar-refractivity contribution is -0.123. The molecule has 0 spiro atoms. The maximum atomic E-state index is 13.0. The molecule has 0 N–H and O–H groups in total. The third-order valence-corrected chi connectivity index (χ3v) is 6.77. The lowest BCUT2D eigenvalue weighted by Crippen LogP contribution is -2.27. The number of carbonyl (C=O) groups excluding carboxylic acids is 3. The molecule has 0 bridgehead atoms. The number of amides is 2. The largest absolute Gasteiger partial charge is 0.490 e. The number of halogens is 2. The van der Waals surface area contributed by atoms with Crippen molar-refractivity contribution in [1.29, 1.82) is 0 Å². The van der Waals surface area contributed by atoms with Gasteiger partial charge >= 0.3 is 5.97 Å². The first-order chi connectivity index (χ1) is 17.3. The number of rotatable bonds is 7. The molecular formula is C27H21Cl2NO5S. The first-order valence-corrected chi connectivity index (χ1v) is 12.6. The van der Waals surface area contributed by atoms with Crippen LogP contribution in [0.1, 0.15) is 34.0 Å². The van der Waals surface area contributed by atoms with Gasteiger partial charge in [0.15, 0.2) is 11.5 Å². The third kappa shape index (κ3) is 5.75. The van der Waals surface area contributed by atoms with E-state index in [4.69, 9.17) is 32.7 Å². The summed E-state index contributed by atoms with van der Waals surface area (Å²) < 4.78 is 11.2. The van der Waals surface area contributed by atoms with Crippen LogP contribution in [-0.4, -0.2) is 28.6 Å². The molecule has 3 aromatic rings. The minimum atomic E-state index is -0.648. The van der Waals surface area contributed by atoms with Gasteiger partial charge in [0.2, 0.25) is 0 Å². The van der Waals surface area contributed by atoms with Gasteiger partial charge in [0.25, 0.3) is 11.1 Å². The van der Waals surface area contributed by atoms with E-state index in [1.807, 2.05) is 31.2 Å². The number of thioether (sulfide) groups is 1. The molecule has 184 valence electrons. The van der Waals surface area contributed by atoms with Crippen molar-refractivity contribution >= 4 is 58.2 Å². The molecule has 4 rings (SSSR count). The first-order valence-electron chi connectivity index (χ1n) is 11.0. The first kappa shape index (κ1) is 25.8. The molecule has 1 aliphatic rings. The standard InChI is InChI=1S/C27H21Cl2NO5S/c1-3-34-22-12-17(11-21(29)24(22)35-26(32)18-9-6-10-20(28)14-18)13-23-25(31)30(27(33)36-23)15-19-8-5-4-7-16(19)2/h4-14H,3,15H2,1-2H3/b23-13-. The number of carbonyl (C=O) groups is 3. The van der Waals surface area contributed by atoms with Crippen LogP contribution in [0.5, 0.6) is 11.5 Å². The quantitative estimate of drug-likeness (QED) is 0.179. The third-order valence-electron chi connectivity index (χ3n) is 5.35. The summed E-state index contributed by atoms with van der Waals surface area (Å²) in [6, 6.07) is 17.1. The summed E-state index contributed by atoms with van der Waals surface area (Å²) in [6.45, 7) is 4.19. The van der Waals surface area contributed by atoms with Gasteiger partial charge in [0.05, 0.1) is 28.6 Å². The molecule has 2 amide bonds. The Labute approximate surface area is 222 Å². The van der Waals surface area contributed by atoms with Gasteiger partial charge in [-0.2, -0.15) is 0 Å². The average molecular weight is 542 g/mol. The number of esters is 1. The van der Waals surface area contributed by atoms with Crippen LogP contribution in [0.2, 0.25) is 10.0 Å². The second-order valence-corrected chi connectivity index (χ2v) is 9.69. The molecule has 6 nitrogen and oxygen atoms in total. The zero-order valence-corrected chi connectivity index (χ0v) is 21.7. The lowest BCUT2D eigenvalue weighted by atomic mass is 10.1. The minimum absolute atomic E-state index is 0.0494. The molecule has 0 aromatic heterocycles. The van der Waals surface area contributed by atoms with Crippen molar-refractivity contribution in [2.75, 3.05) is 6.61 Å². The Hall–Kier alpha value is -3.26. The molecule has 0 saturated carbocycles. The van der Waals surface area contributed by atoms with Crippen LogP contribution < -0.4 is 9.47 Å². The van der Waals surface area contributed by atoms with E-state index < -0.39 is 11.9 Å². The summed E-state index contributed by atoms with van der Waals surface area (Å²) in [5.74, 6) is -0.761. The highest BCUT2D eigenvalue weighted by Crippen LogP contribution is 2.40. The molecule has 0 radical (unpaired) electrons. The highest BCUT2D eigenvalue weighted by Gasteiger charge is 2.35. The van der Waals surface area contributed by atoms with E-state index in [1.165, 1.54) is 11.0 Å². The zero-order valence-electron chi connectivity index (χ0n) is 19.4. The van der Waals surface area contributed by atoms with Crippen molar-refractivity contribution in [3.8, 4) is 11.5 Å². The number of hydrogen-bond donors (Lipinski definition) is 0. The molecule has 0 aliphatic carbocycles. The van der Waals surface area contributed by atoms with E-state index in [9.17, 15) is 14.4 Å². The Bertz CT molecular complexity index is 1390. The van der Waals surface area contributed by atoms with E-state index in [1.54, 1.807) is 43.3 Å². The van der Waals surface area contributed by atoms with Gasteiger partial charge in [-0.3, -0.25) is 14.5 Å². The molecule has 1 fully saturated rings. The van der Waals surface area contributed by atoms with Gasteiger partial charge < -0.3 is 9.47 Å². The van der Waals surface area contributed by atoms with Gasteiger partial charge in [-0.05, 0) is 78.7 Å². The topological polar surface area (TPSA) is 72.9 Å². The van der Waals surface area contributed by atoms with Crippen LogP contribution in [-0.2, 0) is 11.3 Å². The predicted molar refractivity (Wildman–Crippen MR) is 142 cm³/mol. The fraction of sp³-hybridized carbons (Fsp3) is 0.148. The lowest BCUT2D eigenvalue weighted by Gasteiger charge is -2.14. The second-order valence-electron chi connectivity index (χ2n) is 7.86. The molecule has 3 aromatic carbocycles. The number of benzene rings is 3. The van der Waals surface area contributed by atoms with Gasteiger partial charge in [0, 0.05) is 5.02 Å². The maximum Gasteiger partial charge on any atom is 0.343 e. The van der Waals surface area contributed by atoms with Gasteiger partial charge in [0.1, 0.15) is 0 Å². The molecule has 1 heterocycles. The van der Waals surface area contributed by atoms with Gasteiger partial charge in [-0.25, -0.2) is 4.79 Å². The number of ether oxygens (including phenoxy) is 2. The number of imide groups is 1. The van der Waals surface area contributed by atoms with Crippen LogP contribution in [0, 0.1) is 6.92 Å². The normalized spacial score (nSPS) is 14.4. The van der Waals surface area contributed by atoms with Crippen LogP contribution in [0.15, 0.2) is 65.6 Å². The van der Waals surface area contributed by atoms with Crippen molar-refractivity contribution in [1.82, 2.24) is 4.90 Å². The van der Waals surface area contributed by atoms with E-state index in [0.29, 0.717) is 10.6 Å². The molecular weight excluding hydrogens is 521 g/mol. The molecule has 1 saturated heterocycles. The van der Waals surface area contributed by atoms with E-state index in [-0.39, 0.29) is 45.4 Å². The van der Waals surface area contributed by atoms with Crippen molar-refractivity contribution in [3.05, 3.63) is 97.9 Å². The van der Waals surface area contributed by atoms with Crippen LogP contribution in [0.25, 0.3) is 6.08 Å². The Morgan fingerprint density at radius 1 is 1.06 bits per heavy atom. The van der Waals surface area contributed by atoms with E-state index in [2.05, 4.69) is 0 Å². The Balaban J connectivity index is 1.60. The van der Waals surface area contributed by atoms with Crippen LogP contribution in [0.4, 0.5) is 4.79 Å². The number of nitrogens with zero attached hydrogens (tertiary/aromatic N) is 1. The Morgan fingerprint density at radius 2 is 1.83 bits per heavy atom. The van der Waals surface area contributed by atoms with E-state index in [0.717, 1.165) is 22.9 Å². The van der Waals surface area contributed by atoms with Gasteiger partial charge in [-0.1, -0.05) is 53.5 Å². The summed E-state index contributed by atoms with van der Waals surface area (Å²) in [5.41, 5.74) is 2.67. The highest BCUT2D eigenvalue weighted by atomic mass is 35.5. The SMILES string of the molecule is CCOc1cc(/C=C2\SC(=O)N(Cc3ccccc3C)C2=O)cc(Cl)c1OC(=O)c1cccc(Cl)c1. The molecule has 1 aliphatic heterocycles. The zero-order chi connectivity index (χ0) is 25.8. The molecule has 9 heteroatoms. The van der Waals surface area contributed by atoms with Crippen LogP contribution in [0.3, 0.4) is 0 Å². The summed E-state index contributed by atoms with van der Waals surface area (Å²) in [4.78, 5) is 39.7. The number of hydrogen-bond acceptors (Lipinski definition) is 6. The second kappa shape index (κ2) is 11.2. The van der Waals surface area contributed by atoms with Gasteiger partial charge in [-0.15, -0.1) is 0 Å². The Kier molecular flexibility index (Phi) is 8.04. The number of aryl methyl sites for hydroxylation is 1. The van der Waals surface area contributed by atoms with Crippen LogP contribution >= 0.6 is 35.0 Å². The minimum Gasteiger partial charge on any atom is -0.490 e. The summed E-state index contributed by atoms with van der Waals surface area (Å²) in [6.07, 6.45) is 1.57. The fourth-order valence-corrected chi connectivity index (χ4v) is 4.83. The van der Waals surface area contributed by atoms with Crippen molar-refractivity contribution in [3.63, 3.8) is 0 Å². The highest BCUT2D eigenvalue weighted by molar-refractivity contribution is 8.18. The molecule has 0 unspecified atom stereocenters. The van der Waals surface area contributed by atoms with Crippen molar-refractivity contribution in [2.45, 2.75) is 20.4 Å². The predicted octanol–water partition coefficient (Wildman–Crippen LogP) is 7.16. The maximum absolute atomic E-state index is 13.0. The fourth-order valence-electron chi connectivity index (χ4n) is 3.55. The summed E-state index contributed by atoms with van der Waals surface area (Å²) in [7, 11) is 0. The van der Waals surface area contributed by atoms with Crippen molar-refractivity contribution < 1.29 is 23.9 Å². The summed E-state index contributed by atoms with van der Waals surface area (Å²) in [5, 5.41) is 0.159. The molecule has 36 heavy (non-hydrogen) atoms. The monoisotopic (exact) mass is 541 g/mol.